The van der Waals surface area contributed by atoms with Crippen LogP contribution in [0.5, 0.6) is 0 Å². The molecular weight excluding hydrogens is 366 g/mol. The van der Waals surface area contributed by atoms with Crippen LogP contribution in [0.15, 0.2) is 65.5 Å². The number of aryl methyl sites for hydroxylation is 3. The third-order valence-corrected chi connectivity index (χ3v) is 4.77. The third kappa shape index (κ3) is 3.67. The summed E-state index contributed by atoms with van der Waals surface area (Å²) >= 11 is 0. The van der Waals surface area contributed by atoms with Crippen molar-refractivity contribution in [3.05, 3.63) is 82.4 Å². The number of anilines is 1. The molecule has 0 aliphatic rings. The molecule has 146 valence electrons. The van der Waals surface area contributed by atoms with Crippen LogP contribution in [0.1, 0.15) is 17.8 Å². The Hall–Kier alpha value is -3.74. The molecule has 1 amide bonds. The number of hydrogen-bond donors (Lipinski definition) is 1. The van der Waals surface area contributed by atoms with Gasteiger partial charge in [-0.3, -0.25) is 14.2 Å². The lowest BCUT2D eigenvalue weighted by Crippen LogP contribution is -2.25. The summed E-state index contributed by atoms with van der Waals surface area (Å²) in [6.07, 6.45) is 0.436. The van der Waals surface area contributed by atoms with Crippen molar-refractivity contribution < 1.29 is 4.79 Å². The minimum atomic E-state index is -0.220. The van der Waals surface area contributed by atoms with Gasteiger partial charge in [-0.2, -0.15) is 5.10 Å². The molecule has 0 aliphatic heterocycles. The summed E-state index contributed by atoms with van der Waals surface area (Å²) in [5.74, 6) is -0.156. The molecule has 2 aromatic carbocycles. The van der Waals surface area contributed by atoms with E-state index in [9.17, 15) is 9.59 Å². The molecular formula is C22H21N5O2. The minimum Gasteiger partial charge on any atom is -0.326 e. The smallest absolute Gasteiger partial charge is 0.273 e. The number of fused-ring (bicyclic) bond motifs is 1. The zero-order valence-electron chi connectivity index (χ0n) is 16.3. The fourth-order valence-electron chi connectivity index (χ4n) is 3.30. The Bertz CT molecular complexity index is 1230. The van der Waals surface area contributed by atoms with E-state index >= 15 is 0 Å². The number of benzene rings is 2. The summed E-state index contributed by atoms with van der Waals surface area (Å²) in [6, 6.07) is 18.9. The van der Waals surface area contributed by atoms with Crippen molar-refractivity contribution in [3.63, 3.8) is 0 Å². The molecule has 4 rings (SSSR count). The van der Waals surface area contributed by atoms with Crippen LogP contribution >= 0.6 is 0 Å². The monoisotopic (exact) mass is 387 g/mol. The van der Waals surface area contributed by atoms with E-state index in [4.69, 9.17) is 0 Å². The van der Waals surface area contributed by atoms with E-state index in [1.807, 2.05) is 67.6 Å². The molecule has 0 bridgehead atoms. The normalized spacial score (nSPS) is 11.0. The number of carbonyl (C=O) groups excluding carboxylic acids is 1. The van der Waals surface area contributed by atoms with Crippen molar-refractivity contribution in [1.82, 2.24) is 19.3 Å². The van der Waals surface area contributed by atoms with E-state index in [0.29, 0.717) is 16.9 Å². The van der Waals surface area contributed by atoms with E-state index in [0.717, 1.165) is 17.1 Å². The largest absolute Gasteiger partial charge is 0.326 e. The van der Waals surface area contributed by atoms with Crippen molar-refractivity contribution in [1.29, 1.82) is 0 Å². The molecule has 29 heavy (non-hydrogen) atoms. The Balaban J connectivity index is 1.63. The number of aromatic nitrogens is 4. The molecule has 4 aromatic rings. The van der Waals surface area contributed by atoms with Gasteiger partial charge in [0.1, 0.15) is 11.2 Å². The summed E-state index contributed by atoms with van der Waals surface area (Å²) in [5, 5.41) is 7.40. The van der Waals surface area contributed by atoms with Gasteiger partial charge in [0.25, 0.3) is 5.56 Å². The van der Waals surface area contributed by atoms with E-state index < -0.39 is 0 Å². The molecule has 0 aliphatic carbocycles. The van der Waals surface area contributed by atoms with Gasteiger partial charge < -0.3 is 5.32 Å². The van der Waals surface area contributed by atoms with Gasteiger partial charge in [-0.25, -0.2) is 9.67 Å². The fraction of sp³-hybridized carbons (Fsp3) is 0.182. The van der Waals surface area contributed by atoms with E-state index in [-0.39, 0.29) is 24.3 Å². The average Bonchev–Trinajstić information content (AvgIpc) is 3.07. The van der Waals surface area contributed by atoms with Gasteiger partial charge in [-0.15, -0.1) is 0 Å². The number of para-hydroxylation sites is 2. The van der Waals surface area contributed by atoms with Crippen LogP contribution in [0.25, 0.3) is 16.9 Å². The maximum atomic E-state index is 12.9. The Morgan fingerprint density at radius 3 is 2.38 bits per heavy atom. The first-order valence-corrected chi connectivity index (χ1v) is 9.40. The quantitative estimate of drug-likeness (QED) is 0.571. The Morgan fingerprint density at radius 1 is 1.03 bits per heavy atom. The predicted octanol–water partition coefficient (Wildman–Crippen LogP) is 3.00. The lowest BCUT2D eigenvalue weighted by atomic mass is 10.2. The van der Waals surface area contributed by atoms with Gasteiger partial charge in [0.2, 0.25) is 5.91 Å². The van der Waals surface area contributed by atoms with Crippen molar-refractivity contribution in [3.8, 4) is 5.69 Å². The van der Waals surface area contributed by atoms with Crippen LogP contribution in [0.4, 0.5) is 5.69 Å². The van der Waals surface area contributed by atoms with E-state index in [1.165, 1.54) is 0 Å². The van der Waals surface area contributed by atoms with Crippen LogP contribution in [-0.4, -0.2) is 25.2 Å². The first kappa shape index (κ1) is 18.6. The molecule has 0 atom stereocenters. The summed E-state index contributed by atoms with van der Waals surface area (Å²) in [4.78, 5) is 29.7. The zero-order valence-corrected chi connectivity index (χ0v) is 16.3. The Kier molecular flexibility index (Phi) is 4.95. The molecule has 0 saturated heterocycles. The lowest BCUT2D eigenvalue weighted by molar-refractivity contribution is -0.116. The highest BCUT2D eigenvalue weighted by atomic mass is 16.1. The van der Waals surface area contributed by atoms with E-state index in [1.54, 1.807) is 16.3 Å². The summed E-state index contributed by atoms with van der Waals surface area (Å²) in [7, 11) is 1.71. The maximum Gasteiger partial charge on any atom is 0.273 e. The molecule has 0 unspecified atom stereocenters. The molecule has 2 heterocycles. The Labute approximate surface area is 167 Å². The van der Waals surface area contributed by atoms with Crippen molar-refractivity contribution in [2.24, 2.45) is 7.05 Å². The number of nitrogens with one attached hydrogen (secondary N) is 1. The fourth-order valence-corrected chi connectivity index (χ4v) is 3.30. The standard InChI is InChI=1S/C22H21N5O2/c1-15-20-21(27(25-15)17-11-7-4-8-12-17)26(2)22(29)18(24-20)13-14-19(28)23-16-9-5-3-6-10-16/h3-12H,13-14H2,1-2H3,(H,23,28). The number of amides is 1. The molecule has 7 nitrogen and oxygen atoms in total. The van der Waals surface area contributed by atoms with Crippen LogP contribution < -0.4 is 10.9 Å². The first-order chi connectivity index (χ1) is 14.0. The summed E-state index contributed by atoms with van der Waals surface area (Å²) in [5.41, 5.74) is 3.76. The molecule has 7 heteroatoms. The second kappa shape index (κ2) is 7.71. The average molecular weight is 387 g/mol. The van der Waals surface area contributed by atoms with Crippen LogP contribution in [0.2, 0.25) is 0 Å². The summed E-state index contributed by atoms with van der Waals surface area (Å²) in [6.45, 7) is 1.87. The molecule has 2 aromatic heterocycles. The molecule has 0 radical (unpaired) electrons. The zero-order chi connectivity index (χ0) is 20.4. The highest BCUT2D eigenvalue weighted by Crippen LogP contribution is 2.19. The third-order valence-electron chi connectivity index (χ3n) is 4.77. The van der Waals surface area contributed by atoms with E-state index in [2.05, 4.69) is 15.4 Å². The number of hydrogen-bond acceptors (Lipinski definition) is 4. The molecule has 0 fully saturated rings. The number of nitrogens with zero attached hydrogens (tertiary/aromatic N) is 4. The van der Waals surface area contributed by atoms with Gasteiger partial charge >= 0.3 is 0 Å². The second-order valence-electron chi connectivity index (χ2n) is 6.84. The number of rotatable bonds is 5. The van der Waals surface area contributed by atoms with Gasteiger partial charge in [-0.05, 0) is 31.2 Å². The topological polar surface area (TPSA) is 81.8 Å². The van der Waals surface area contributed by atoms with Crippen molar-refractivity contribution in [2.45, 2.75) is 19.8 Å². The number of carbonyl (C=O) groups is 1. The Morgan fingerprint density at radius 2 is 1.69 bits per heavy atom. The van der Waals surface area contributed by atoms with Gasteiger partial charge in [0.05, 0.1) is 11.4 Å². The van der Waals surface area contributed by atoms with Crippen molar-refractivity contribution in [2.75, 3.05) is 5.32 Å². The van der Waals surface area contributed by atoms with Crippen LogP contribution in [0.3, 0.4) is 0 Å². The van der Waals surface area contributed by atoms with Crippen molar-refractivity contribution >= 4 is 22.8 Å². The maximum absolute atomic E-state index is 12.9. The first-order valence-electron chi connectivity index (χ1n) is 9.40. The second-order valence-corrected chi connectivity index (χ2v) is 6.84. The van der Waals surface area contributed by atoms with Gasteiger partial charge in [-0.1, -0.05) is 36.4 Å². The molecule has 1 N–H and O–H groups in total. The highest BCUT2D eigenvalue weighted by Gasteiger charge is 2.18. The van der Waals surface area contributed by atoms with Gasteiger partial charge in [0.15, 0.2) is 5.65 Å². The molecule has 0 spiro atoms. The summed E-state index contributed by atoms with van der Waals surface area (Å²) < 4.78 is 3.28. The van der Waals surface area contributed by atoms with Crippen LogP contribution in [0, 0.1) is 6.92 Å². The SMILES string of the molecule is Cc1nn(-c2ccccc2)c2c1nc(CCC(=O)Nc1ccccc1)c(=O)n2C. The van der Waals surface area contributed by atoms with Crippen LogP contribution in [-0.2, 0) is 18.3 Å². The lowest BCUT2D eigenvalue weighted by Gasteiger charge is -2.09. The molecule has 0 saturated carbocycles. The van der Waals surface area contributed by atoms with Gasteiger partial charge in [0, 0.05) is 25.6 Å². The minimum absolute atomic E-state index is 0.156. The predicted molar refractivity (Wildman–Crippen MR) is 112 cm³/mol. The highest BCUT2D eigenvalue weighted by molar-refractivity contribution is 5.90.